The summed E-state index contributed by atoms with van der Waals surface area (Å²) in [6, 6.07) is 7.76. The van der Waals surface area contributed by atoms with Crippen LogP contribution in [-0.2, 0) is 9.53 Å². The molecule has 0 spiro atoms. The molecule has 1 aromatic carbocycles. The predicted molar refractivity (Wildman–Crippen MR) is 74.4 cm³/mol. The number of nitrogens with one attached hydrogen (secondary N) is 2. The van der Waals surface area contributed by atoms with Crippen LogP contribution in [0.5, 0.6) is 0 Å². The van der Waals surface area contributed by atoms with Gasteiger partial charge in [0.1, 0.15) is 6.04 Å². The van der Waals surface area contributed by atoms with Crippen molar-refractivity contribution < 1.29 is 9.53 Å². The fourth-order valence-electron chi connectivity index (χ4n) is 2.70. The lowest BCUT2D eigenvalue weighted by Gasteiger charge is -2.31. The molecule has 1 aromatic rings. The number of amides is 1. The maximum Gasteiger partial charge on any atom is 0.246 e. The molecular formula is C14H16N4O2. The van der Waals surface area contributed by atoms with Crippen molar-refractivity contribution in [2.24, 2.45) is 0 Å². The number of nitriles is 1. The van der Waals surface area contributed by atoms with E-state index in [-0.39, 0.29) is 11.9 Å². The van der Waals surface area contributed by atoms with Gasteiger partial charge < -0.3 is 20.3 Å². The Morgan fingerprint density at radius 2 is 2.40 bits per heavy atom. The lowest BCUT2D eigenvalue weighted by molar-refractivity contribution is -0.117. The van der Waals surface area contributed by atoms with Crippen LogP contribution in [0.25, 0.3) is 0 Å². The van der Waals surface area contributed by atoms with Gasteiger partial charge in [0.25, 0.3) is 0 Å². The molecule has 0 radical (unpaired) electrons. The third-order valence-corrected chi connectivity index (χ3v) is 3.73. The molecule has 2 N–H and O–H groups in total. The van der Waals surface area contributed by atoms with E-state index < -0.39 is 6.10 Å². The van der Waals surface area contributed by atoms with Crippen LogP contribution in [-0.4, -0.2) is 38.8 Å². The average Bonchev–Trinajstić information content (AvgIpc) is 2.81. The Hall–Kier alpha value is -2.10. The van der Waals surface area contributed by atoms with E-state index in [0.29, 0.717) is 13.2 Å². The normalized spacial score (nSPS) is 25.0. The number of hydrogen-bond acceptors (Lipinski definition) is 5. The van der Waals surface area contributed by atoms with E-state index in [1.165, 1.54) is 0 Å². The Morgan fingerprint density at radius 3 is 3.15 bits per heavy atom. The topological polar surface area (TPSA) is 77.4 Å². The van der Waals surface area contributed by atoms with E-state index in [4.69, 9.17) is 10.00 Å². The highest BCUT2D eigenvalue weighted by Crippen LogP contribution is 2.34. The van der Waals surface area contributed by atoms with Crippen LogP contribution in [0.3, 0.4) is 0 Å². The van der Waals surface area contributed by atoms with Crippen molar-refractivity contribution >= 4 is 17.3 Å². The molecule has 6 nitrogen and oxygen atoms in total. The number of rotatable bonds is 2. The van der Waals surface area contributed by atoms with E-state index in [0.717, 1.165) is 23.5 Å². The molecule has 2 atom stereocenters. The number of benzene rings is 1. The lowest BCUT2D eigenvalue weighted by atomic mass is 10.1. The Kier molecular flexibility index (Phi) is 3.30. The second-order valence-electron chi connectivity index (χ2n) is 4.92. The molecule has 3 rings (SSSR count). The van der Waals surface area contributed by atoms with Gasteiger partial charge in [-0.2, -0.15) is 5.26 Å². The van der Waals surface area contributed by atoms with Crippen LogP contribution in [0.2, 0.25) is 0 Å². The number of carbonyl (C=O) groups excluding carboxylic acids is 1. The molecule has 104 valence electrons. The largest absolute Gasteiger partial charge is 0.365 e. The summed E-state index contributed by atoms with van der Waals surface area (Å²) in [6.07, 6.45) is -0.392. The summed E-state index contributed by atoms with van der Waals surface area (Å²) in [4.78, 5) is 13.9. The fraction of sp³-hybridized carbons (Fsp3) is 0.429. The molecule has 1 saturated heterocycles. The van der Waals surface area contributed by atoms with Crippen LogP contribution in [0.1, 0.15) is 11.6 Å². The molecule has 1 fully saturated rings. The number of likely N-dealkylation sites (N-methyl/N-ethyl adjacent to an activating group) is 1. The predicted octanol–water partition coefficient (Wildman–Crippen LogP) is 0.628. The van der Waals surface area contributed by atoms with Gasteiger partial charge in [-0.15, -0.1) is 0 Å². The van der Waals surface area contributed by atoms with E-state index in [9.17, 15) is 4.79 Å². The van der Waals surface area contributed by atoms with E-state index >= 15 is 0 Å². The Bertz CT molecular complexity index is 581. The van der Waals surface area contributed by atoms with Crippen LogP contribution in [0, 0.1) is 11.3 Å². The van der Waals surface area contributed by atoms with Gasteiger partial charge in [0.05, 0.1) is 19.2 Å². The average molecular weight is 272 g/mol. The van der Waals surface area contributed by atoms with E-state index in [2.05, 4.69) is 21.6 Å². The summed E-state index contributed by atoms with van der Waals surface area (Å²) in [5.41, 5.74) is 2.81. The third-order valence-electron chi connectivity index (χ3n) is 3.73. The van der Waals surface area contributed by atoms with Gasteiger partial charge in [-0.25, -0.2) is 0 Å². The first-order valence-electron chi connectivity index (χ1n) is 6.61. The van der Waals surface area contributed by atoms with Crippen LogP contribution >= 0.6 is 0 Å². The summed E-state index contributed by atoms with van der Waals surface area (Å²) in [6.45, 7) is 1.85. The molecule has 2 heterocycles. The maximum absolute atomic E-state index is 11.8. The summed E-state index contributed by atoms with van der Waals surface area (Å²) >= 11 is 0. The van der Waals surface area contributed by atoms with Crippen LogP contribution in [0.4, 0.5) is 11.4 Å². The molecule has 0 bridgehead atoms. The number of nitrogens with zero attached hydrogens (tertiary/aromatic N) is 2. The number of ether oxygens (including phenoxy) is 1. The first-order valence-corrected chi connectivity index (χ1v) is 6.61. The summed E-state index contributed by atoms with van der Waals surface area (Å²) in [5.74, 6) is -0.0310. The van der Waals surface area contributed by atoms with Gasteiger partial charge in [0.2, 0.25) is 5.91 Å². The highest BCUT2D eigenvalue weighted by atomic mass is 16.5. The van der Waals surface area contributed by atoms with Crippen molar-refractivity contribution in [2.45, 2.75) is 12.1 Å². The standard InChI is InChI=1S/C14H16N4O2/c1-16-13-11-3-2-9(6-12(11)17-14(13)19)18-4-5-20-10(7-15)8-18/h2-3,6,10,13,16H,4-5,8H2,1H3,(H,17,19). The highest BCUT2D eigenvalue weighted by molar-refractivity contribution is 6.03. The quantitative estimate of drug-likeness (QED) is 0.825. The molecule has 0 saturated carbocycles. The smallest absolute Gasteiger partial charge is 0.246 e. The molecule has 6 heteroatoms. The highest BCUT2D eigenvalue weighted by Gasteiger charge is 2.30. The number of anilines is 2. The number of carbonyl (C=O) groups is 1. The van der Waals surface area contributed by atoms with Gasteiger partial charge in [-0.05, 0) is 19.2 Å². The Labute approximate surface area is 117 Å². The van der Waals surface area contributed by atoms with Gasteiger partial charge >= 0.3 is 0 Å². The molecule has 0 aromatic heterocycles. The molecule has 20 heavy (non-hydrogen) atoms. The second kappa shape index (κ2) is 5.12. The van der Waals surface area contributed by atoms with Gasteiger partial charge in [0.15, 0.2) is 6.10 Å². The fourth-order valence-corrected chi connectivity index (χ4v) is 2.70. The minimum Gasteiger partial charge on any atom is -0.365 e. The van der Waals surface area contributed by atoms with Crippen molar-refractivity contribution in [2.75, 3.05) is 37.0 Å². The minimum absolute atomic E-state index is 0.0310. The minimum atomic E-state index is -0.392. The number of hydrogen-bond donors (Lipinski definition) is 2. The van der Waals surface area contributed by atoms with Gasteiger partial charge in [-0.3, -0.25) is 4.79 Å². The Balaban J connectivity index is 1.85. The van der Waals surface area contributed by atoms with E-state index in [1.807, 2.05) is 18.2 Å². The van der Waals surface area contributed by atoms with Crippen LogP contribution < -0.4 is 15.5 Å². The molecule has 2 unspecified atom stereocenters. The maximum atomic E-state index is 11.8. The van der Waals surface area contributed by atoms with Crippen LogP contribution in [0.15, 0.2) is 18.2 Å². The van der Waals surface area contributed by atoms with Crippen molar-refractivity contribution in [1.29, 1.82) is 5.26 Å². The molecule has 2 aliphatic heterocycles. The van der Waals surface area contributed by atoms with Crippen molar-refractivity contribution in [1.82, 2.24) is 5.32 Å². The Morgan fingerprint density at radius 1 is 1.55 bits per heavy atom. The first kappa shape index (κ1) is 12.9. The molecule has 0 aliphatic carbocycles. The van der Waals surface area contributed by atoms with Crippen molar-refractivity contribution in [3.05, 3.63) is 23.8 Å². The lowest BCUT2D eigenvalue weighted by Crippen LogP contribution is -2.41. The van der Waals surface area contributed by atoms with E-state index in [1.54, 1.807) is 7.05 Å². The first-order chi connectivity index (χ1) is 9.72. The van der Waals surface area contributed by atoms with Crippen molar-refractivity contribution in [3.63, 3.8) is 0 Å². The molecular weight excluding hydrogens is 256 g/mol. The summed E-state index contributed by atoms with van der Waals surface area (Å²) < 4.78 is 5.34. The number of fused-ring (bicyclic) bond motifs is 1. The SMILES string of the molecule is CNC1C(=O)Nc2cc(N3CCOC(C#N)C3)ccc21. The zero-order valence-electron chi connectivity index (χ0n) is 11.2. The summed E-state index contributed by atoms with van der Waals surface area (Å²) in [7, 11) is 1.77. The third kappa shape index (κ3) is 2.11. The second-order valence-corrected chi connectivity index (χ2v) is 4.92. The summed E-state index contributed by atoms with van der Waals surface area (Å²) in [5, 5.41) is 14.8. The monoisotopic (exact) mass is 272 g/mol. The molecule has 2 aliphatic rings. The van der Waals surface area contributed by atoms with Gasteiger partial charge in [0, 0.05) is 23.5 Å². The van der Waals surface area contributed by atoms with Gasteiger partial charge in [-0.1, -0.05) is 6.07 Å². The number of morpholine rings is 1. The van der Waals surface area contributed by atoms with Crippen molar-refractivity contribution in [3.8, 4) is 6.07 Å². The molecule has 1 amide bonds. The zero-order valence-corrected chi connectivity index (χ0v) is 11.2. The zero-order chi connectivity index (χ0) is 14.1.